The molecule has 3 rings (SSSR count). The average Bonchev–Trinajstić information content (AvgIpc) is 2.48. The van der Waals surface area contributed by atoms with Crippen molar-refractivity contribution in [1.29, 1.82) is 0 Å². The van der Waals surface area contributed by atoms with Gasteiger partial charge < -0.3 is 5.43 Å². The molecule has 2 aromatic carbocycles. The quantitative estimate of drug-likeness (QED) is 0.549. The lowest BCUT2D eigenvalue weighted by atomic mass is 10.0. The van der Waals surface area contributed by atoms with Crippen LogP contribution < -0.4 is 11.3 Å². The molecule has 0 amide bonds. The van der Waals surface area contributed by atoms with E-state index >= 15 is 0 Å². The molecule has 0 fully saturated rings. The fourth-order valence-corrected chi connectivity index (χ4v) is 2.42. The molecule has 0 saturated heterocycles. The zero-order valence-corrected chi connectivity index (χ0v) is 11.8. The fourth-order valence-electron chi connectivity index (χ4n) is 2.25. The van der Waals surface area contributed by atoms with Crippen molar-refractivity contribution in [3.8, 4) is 11.1 Å². The van der Waals surface area contributed by atoms with E-state index in [1.165, 1.54) is 0 Å². The summed E-state index contributed by atoms with van der Waals surface area (Å²) in [6.07, 6.45) is 0. The Morgan fingerprint density at radius 3 is 2.55 bits per heavy atom. The van der Waals surface area contributed by atoms with Gasteiger partial charge in [0.25, 0.3) is 0 Å². The summed E-state index contributed by atoms with van der Waals surface area (Å²) < 4.78 is 0. The molecule has 0 spiro atoms. The van der Waals surface area contributed by atoms with E-state index in [0.29, 0.717) is 5.82 Å². The number of hydrazine groups is 1. The third-order valence-corrected chi connectivity index (χ3v) is 3.72. The number of aryl methyl sites for hydroxylation is 1. The van der Waals surface area contributed by atoms with Gasteiger partial charge >= 0.3 is 0 Å². The number of nitrogens with zero attached hydrogens (tertiary/aromatic N) is 1. The zero-order valence-electron chi connectivity index (χ0n) is 11.0. The molecule has 0 radical (unpaired) electrons. The number of pyridine rings is 1. The molecule has 0 saturated carbocycles. The molecule has 3 aromatic rings. The Hall–Kier alpha value is -2.10. The van der Waals surface area contributed by atoms with Crippen LogP contribution in [-0.2, 0) is 0 Å². The Balaban J connectivity index is 2.29. The van der Waals surface area contributed by atoms with Crippen molar-refractivity contribution in [3.63, 3.8) is 0 Å². The maximum Gasteiger partial charge on any atom is 0.148 e. The lowest BCUT2D eigenvalue weighted by Crippen LogP contribution is -2.10. The summed E-state index contributed by atoms with van der Waals surface area (Å²) in [6.45, 7) is 1.96. The van der Waals surface area contributed by atoms with Crippen molar-refractivity contribution >= 4 is 28.3 Å². The van der Waals surface area contributed by atoms with Gasteiger partial charge in [-0.05, 0) is 36.2 Å². The first kappa shape index (κ1) is 12.9. The molecule has 0 unspecified atom stereocenters. The average molecular weight is 284 g/mol. The third-order valence-electron chi connectivity index (χ3n) is 3.32. The van der Waals surface area contributed by atoms with Crippen molar-refractivity contribution in [2.45, 2.75) is 6.92 Å². The van der Waals surface area contributed by atoms with E-state index in [4.69, 9.17) is 17.4 Å². The number of hydrogen-bond donors (Lipinski definition) is 2. The van der Waals surface area contributed by atoms with Crippen LogP contribution in [-0.4, -0.2) is 4.98 Å². The second-order valence-electron chi connectivity index (χ2n) is 4.69. The number of aromatic nitrogens is 1. The lowest BCUT2D eigenvalue weighted by molar-refractivity contribution is 1.26. The molecule has 100 valence electrons. The van der Waals surface area contributed by atoms with Crippen LogP contribution in [0.5, 0.6) is 0 Å². The van der Waals surface area contributed by atoms with E-state index in [9.17, 15) is 0 Å². The summed E-state index contributed by atoms with van der Waals surface area (Å²) >= 11 is 6.19. The van der Waals surface area contributed by atoms with Crippen LogP contribution in [0.2, 0.25) is 5.02 Å². The predicted octanol–water partition coefficient (Wildman–Crippen LogP) is 4.15. The Labute approximate surface area is 122 Å². The van der Waals surface area contributed by atoms with Gasteiger partial charge in [0.05, 0.1) is 5.52 Å². The molecular weight excluding hydrogens is 270 g/mol. The van der Waals surface area contributed by atoms with Crippen LogP contribution in [0.15, 0.2) is 48.5 Å². The van der Waals surface area contributed by atoms with E-state index in [1.807, 2.05) is 49.4 Å². The van der Waals surface area contributed by atoms with Crippen LogP contribution in [0.3, 0.4) is 0 Å². The number of rotatable bonds is 2. The maximum absolute atomic E-state index is 6.19. The molecule has 4 heteroatoms. The molecule has 0 aliphatic rings. The van der Waals surface area contributed by atoms with Crippen LogP contribution in [0.4, 0.5) is 5.82 Å². The summed E-state index contributed by atoms with van der Waals surface area (Å²) in [5, 5.41) is 1.74. The number of hydrogen-bond acceptors (Lipinski definition) is 3. The summed E-state index contributed by atoms with van der Waals surface area (Å²) in [5.74, 6) is 6.27. The smallest absolute Gasteiger partial charge is 0.148 e. The van der Waals surface area contributed by atoms with Gasteiger partial charge in [-0.1, -0.05) is 41.9 Å². The molecule has 0 aliphatic heterocycles. The number of nitrogens with two attached hydrogens (primary N) is 1. The van der Waals surface area contributed by atoms with Crippen LogP contribution in [0.1, 0.15) is 5.56 Å². The van der Waals surface area contributed by atoms with Crippen molar-refractivity contribution in [2.75, 3.05) is 5.43 Å². The Morgan fingerprint density at radius 1 is 1.10 bits per heavy atom. The Morgan fingerprint density at radius 2 is 1.85 bits per heavy atom. The highest BCUT2D eigenvalue weighted by molar-refractivity contribution is 6.32. The van der Waals surface area contributed by atoms with Crippen molar-refractivity contribution < 1.29 is 0 Å². The minimum atomic E-state index is 0.658. The number of halogens is 1. The standard InChI is InChI=1S/C16H14ClN3/c1-10-7-15-12(9-14(10)17)8-13(16(19-15)20-18)11-5-3-2-4-6-11/h2-9H,18H2,1H3,(H,19,20). The zero-order chi connectivity index (χ0) is 14.1. The number of fused-ring (bicyclic) bond motifs is 1. The van der Waals surface area contributed by atoms with Gasteiger partial charge in [-0.2, -0.15) is 0 Å². The fraction of sp³-hybridized carbons (Fsp3) is 0.0625. The van der Waals surface area contributed by atoms with E-state index < -0.39 is 0 Å². The lowest BCUT2D eigenvalue weighted by Gasteiger charge is -2.11. The van der Waals surface area contributed by atoms with Gasteiger partial charge in [0, 0.05) is 16.0 Å². The first-order valence-corrected chi connectivity index (χ1v) is 6.70. The van der Waals surface area contributed by atoms with Gasteiger partial charge in [-0.15, -0.1) is 0 Å². The molecule has 0 bridgehead atoms. The summed E-state index contributed by atoms with van der Waals surface area (Å²) in [6, 6.07) is 16.0. The van der Waals surface area contributed by atoms with E-state index in [-0.39, 0.29) is 0 Å². The molecule has 3 nitrogen and oxygen atoms in total. The van der Waals surface area contributed by atoms with E-state index in [1.54, 1.807) is 0 Å². The van der Waals surface area contributed by atoms with Crippen LogP contribution in [0, 0.1) is 6.92 Å². The minimum absolute atomic E-state index is 0.658. The molecule has 3 N–H and O–H groups in total. The number of nitrogen functional groups attached to an aromatic ring is 1. The topological polar surface area (TPSA) is 50.9 Å². The number of anilines is 1. The Bertz CT molecular complexity index is 770. The van der Waals surface area contributed by atoms with Crippen molar-refractivity contribution in [3.05, 3.63) is 59.1 Å². The maximum atomic E-state index is 6.19. The van der Waals surface area contributed by atoms with Crippen LogP contribution in [0.25, 0.3) is 22.0 Å². The van der Waals surface area contributed by atoms with Crippen molar-refractivity contribution in [2.24, 2.45) is 5.84 Å². The largest absolute Gasteiger partial charge is 0.308 e. The van der Waals surface area contributed by atoms with Gasteiger partial charge in [-0.25, -0.2) is 10.8 Å². The highest BCUT2D eigenvalue weighted by Crippen LogP contribution is 2.31. The molecule has 20 heavy (non-hydrogen) atoms. The number of benzene rings is 2. The molecule has 1 heterocycles. The van der Waals surface area contributed by atoms with Gasteiger partial charge in [0.1, 0.15) is 5.82 Å². The highest BCUT2D eigenvalue weighted by atomic mass is 35.5. The Kier molecular flexibility index (Phi) is 3.30. The SMILES string of the molecule is Cc1cc2nc(NN)c(-c3ccccc3)cc2cc1Cl. The van der Waals surface area contributed by atoms with Gasteiger partial charge in [0.2, 0.25) is 0 Å². The summed E-state index contributed by atoms with van der Waals surface area (Å²) in [5.41, 5.74) is 6.57. The second-order valence-corrected chi connectivity index (χ2v) is 5.10. The second kappa shape index (κ2) is 5.12. The third kappa shape index (κ3) is 2.22. The molecule has 1 aromatic heterocycles. The normalized spacial score (nSPS) is 10.8. The van der Waals surface area contributed by atoms with E-state index in [2.05, 4.69) is 16.5 Å². The predicted molar refractivity (Wildman–Crippen MR) is 84.7 cm³/mol. The van der Waals surface area contributed by atoms with Crippen molar-refractivity contribution in [1.82, 2.24) is 4.98 Å². The summed E-state index contributed by atoms with van der Waals surface area (Å²) in [4.78, 5) is 4.58. The molecular formula is C16H14ClN3. The first-order valence-electron chi connectivity index (χ1n) is 6.32. The molecule has 0 aliphatic carbocycles. The molecule has 0 atom stereocenters. The first-order chi connectivity index (χ1) is 9.69. The summed E-state index contributed by atoms with van der Waals surface area (Å²) in [7, 11) is 0. The monoisotopic (exact) mass is 283 g/mol. The van der Waals surface area contributed by atoms with Gasteiger partial charge in [-0.3, -0.25) is 0 Å². The number of nitrogens with one attached hydrogen (secondary N) is 1. The highest BCUT2D eigenvalue weighted by Gasteiger charge is 2.09. The van der Waals surface area contributed by atoms with Crippen LogP contribution >= 0.6 is 11.6 Å². The van der Waals surface area contributed by atoms with Gasteiger partial charge in [0.15, 0.2) is 0 Å². The van der Waals surface area contributed by atoms with E-state index in [0.717, 1.165) is 32.6 Å². The minimum Gasteiger partial charge on any atom is -0.308 e.